The molecule has 0 aliphatic carbocycles. The number of rotatable bonds is 3. The number of nitrogens with zero attached hydrogens (tertiary/aromatic N) is 1. The maximum Gasteiger partial charge on any atom is 0.0705 e. The topological polar surface area (TPSA) is 24.9 Å². The van der Waals surface area contributed by atoms with Crippen LogP contribution in [0.3, 0.4) is 0 Å². The molecule has 1 aromatic heterocycles. The molecule has 1 N–H and O–H groups in total. The van der Waals surface area contributed by atoms with Gasteiger partial charge in [-0.25, -0.2) is 0 Å². The molecule has 74 valence electrons. The fourth-order valence-corrected chi connectivity index (χ4v) is 1.47. The van der Waals surface area contributed by atoms with E-state index in [2.05, 4.69) is 28.4 Å². The normalized spacial score (nSPS) is 10.1. The summed E-state index contributed by atoms with van der Waals surface area (Å²) in [6.07, 6.45) is 5.15. The second-order valence-corrected chi connectivity index (χ2v) is 3.30. The fourth-order valence-electron chi connectivity index (χ4n) is 1.47. The zero-order valence-corrected chi connectivity index (χ0v) is 8.40. The van der Waals surface area contributed by atoms with Crippen LogP contribution < -0.4 is 5.32 Å². The molecule has 15 heavy (non-hydrogen) atoms. The van der Waals surface area contributed by atoms with Gasteiger partial charge in [-0.1, -0.05) is 30.2 Å². The Balaban J connectivity index is 2.20. The second-order valence-electron chi connectivity index (χ2n) is 3.30. The van der Waals surface area contributed by atoms with Crippen molar-refractivity contribution >= 4 is 10.9 Å². The Bertz CT molecular complexity index is 497. The Kier molecular flexibility index (Phi) is 2.96. The minimum Gasteiger partial charge on any atom is -0.301 e. The van der Waals surface area contributed by atoms with Gasteiger partial charge in [-0.15, -0.1) is 6.42 Å². The van der Waals surface area contributed by atoms with Crippen molar-refractivity contribution in [3.8, 4) is 12.3 Å². The monoisotopic (exact) mass is 196 g/mol. The van der Waals surface area contributed by atoms with Gasteiger partial charge in [-0.3, -0.25) is 4.98 Å². The van der Waals surface area contributed by atoms with E-state index in [1.807, 2.05) is 24.3 Å². The Hall–Kier alpha value is -1.85. The molecule has 0 atom stereocenters. The Morgan fingerprint density at radius 1 is 1.20 bits per heavy atom. The van der Waals surface area contributed by atoms with Gasteiger partial charge in [-0.2, -0.15) is 0 Å². The molecule has 0 saturated carbocycles. The number of aromatic nitrogens is 1. The van der Waals surface area contributed by atoms with Crippen molar-refractivity contribution < 1.29 is 0 Å². The van der Waals surface area contributed by atoms with Gasteiger partial charge in [0.05, 0.1) is 17.8 Å². The van der Waals surface area contributed by atoms with Crippen molar-refractivity contribution in [2.24, 2.45) is 0 Å². The van der Waals surface area contributed by atoms with Crippen LogP contribution in [0.25, 0.3) is 10.9 Å². The SMILES string of the molecule is C#CCNCc1ccc2ccccc2n1. The third-order valence-corrected chi connectivity index (χ3v) is 2.19. The molecule has 0 amide bonds. The second kappa shape index (κ2) is 4.59. The fraction of sp³-hybridized carbons (Fsp3) is 0.154. The van der Waals surface area contributed by atoms with Gasteiger partial charge in [-0.05, 0) is 12.1 Å². The van der Waals surface area contributed by atoms with E-state index in [1.165, 1.54) is 0 Å². The van der Waals surface area contributed by atoms with E-state index in [-0.39, 0.29) is 0 Å². The molecule has 2 aromatic rings. The van der Waals surface area contributed by atoms with Gasteiger partial charge in [0, 0.05) is 11.9 Å². The molecule has 1 heterocycles. The van der Waals surface area contributed by atoms with Gasteiger partial charge in [0.2, 0.25) is 0 Å². The number of fused-ring (bicyclic) bond motifs is 1. The maximum absolute atomic E-state index is 5.15. The predicted molar refractivity (Wildman–Crippen MR) is 62.3 cm³/mol. The molecule has 0 aliphatic rings. The van der Waals surface area contributed by atoms with Crippen LogP contribution in [0.4, 0.5) is 0 Å². The van der Waals surface area contributed by atoms with Crippen LogP contribution in [-0.4, -0.2) is 11.5 Å². The quantitative estimate of drug-likeness (QED) is 0.599. The van der Waals surface area contributed by atoms with Crippen LogP contribution in [-0.2, 0) is 6.54 Å². The first kappa shape index (κ1) is 9.70. The molecule has 2 rings (SSSR count). The summed E-state index contributed by atoms with van der Waals surface area (Å²) in [5.41, 5.74) is 2.04. The van der Waals surface area contributed by atoms with Gasteiger partial charge >= 0.3 is 0 Å². The van der Waals surface area contributed by atoms with E-state index in [0.29, 0.717) is 6.54 Å². The van der Waals surface area contributed by atoms with Crippen molar-refractivity contribution in [2.75, 3.05) is 6.54 Å². The first-order chi connectivity index (χ1) is 7.40. The maximum atomic E-state index is 5.15. The summed E-state index contributed by atoms with van der Waals surface area (Å²) in [6, 6.07) is 12.2. The van der Waals surface area contributed by atoms with Gasteiger partial charge in [0.25, 0.3) is 0 Å². The lowest BCUT2D eigenvalue weighted by Gasteiger charge is -2.02. The van der Waals surface area contributed by atoms with Crippen molar-refractivity contribution in [1.82, 2.24) is 10.3 Å². The highest BCUT2D eigenvalue weighted by atomic mass is 14.9. The van der Waals surface area contributed by atoms with Crippen LogP contribution in [0.15, 0.2) is 36.4 Å². The first-order valence-corrected chi connectivity index (χ1v) is 4.89. The number of hydrogen-bond donors (Lipinski definition) is 1. The highest BCUT2D eigenvalue weighted by Gasteiger charge is 1.96. The molecule has 1 aromatic carbocycles. The number of para-hydroxylation sites is 1. The smallest absolute Gasteiger partial charge is 0.0705 e. The van der Waals surface area contributed by atoms with E-state index in [1.54, 1.807) is 0 Å². The minimum absolute atomic E-state index is 0.578. The minimum atomic E-state index is 0.578. The molecule has 0 spiro atoms. The molecule has 0 unspecified atom stereocenters. The molecule has 2 heteroatoms. The number of nitrogens with one attached hydrogen (secondary N) is 1. The Labute approximate surface area is 89.3 Å². The summed E-state index contributed by atoms with van der Waals surface area (Å²) in [5.74, 6) is 2.54. The lowest BCUT2D eigenvalue weighted by Crippen LogP contribution is -2.13. The molecule has 0 fully saturated rings. The first-order valence-electron chi connectivity index (χ1n) is 4.89. The van der Waals surface area contributed by atoms with E-state index in [9.17, 15) is 0 Å². The zero-order chi connectivity index (χ0) is 10.5. The van der Waals surface area contributed by atoms with Gasteiger partial charge in [0.1, 0.15) is 0 Å². The van der Waals surface area contributed by atoms with E-state index >= 15 is 0 Å². The molecule has 2 nitrogen and oxygen atoms in total. The average molecular weight is 196 g/mol. The summed E-state index contributed by atoms with van der Waals surface area (Å²) in [4.78, 5) is 4.52. The number of terminal acetylenes is 1. The van der Waals surface area contributed by atoms with Crippen LogP contribution in [0.1, 0.15) is 5.69 Å². The van der Waals surface area contributed by atoms with E-state index in [0.717, 1.165) is 23.1 Å². The highest BCUT2D eigenvalue weighted by Crippen LogP contribution is 2.11. The molecule has 0 aliphatic heterocycles. The van der Waals surface area contributed by atoms with E-state index < -0.39 is 0 Å². The molecule has 0 bridgehead atoms. The summed E-state index contributed by atoms with van der Waals surface area (Å²) in [7, 11) is 0. The zero-order valence-electron chi connectivity index (χ0n) is 8.40. The predicted octanol–water partition coefficient (Wildman–Crippen LogP) is 1.96. The number of benzene rings is 1. The molecule has 0 radical (unpaired) electrons. The Morgan fingerprint density at radius 3 is 2.93 bits per heavy atom. The van der Waals surface area contributed by atoms with Gasteiger partial charge < -0.3 is 5.32 Å². The summed E-state index contributed by atoms with van der Waals surface area (Å²) in [5, 5.41) is 4.28. The molecule has 0 saturated heterocycles. The molecular formula is C13H12N2. The number of pyridine rings is 1. The standard InChI is InChI=1S/C13H12N2/c1-2-9-14-10-12-8-7-11-5-3-4-6-13(11)15-12/h1,3-8,14H,9-10H2. The summed E-state index contributed by atoms with van der Waals surface area (Å²) >= 11 is 0. The molecular weight excluding hydrogens is 184 g/mol. The van der Waals surface area contributed by atoms with Crippen LogP contribution in [0.2, 0.25) is 0 Å². The largest absolute Gasteiger partial charge is 0.301 e. The highest BCUT2D eigenvalue weighted by molar-refractivity contribution is 5.78. The van der Waals surface area contributed by atoms with Crippen molar-refractivity contribution in [1.29, 1.82) is 0 Å². The van der Waals surface area contributed by atoms with Crippen molar-refractivity contribution in [3.63, 3.8) is 0 Å². The van der Waals surface area contributed by atoms with Gasteiger partial charge in [0.15, 0.2) is 0 Å². The van der Waals surface area contributed by atoms with Crippen LogP contribution >= 0.6 is 0 Å². The van der Waals surface area contributed by atoms with Crippen LogP contribution in [0, 0.1) is 12.3 Å². The average Bonchev–Trinajstić information content (AvgIpc) is 2.29. The van der Waals surface area contributed by atoms with Crippen molar-refractivity contribution in [2.45, 2.75) is 6.54 Å². The lowest BCUT2D eigenvalue weighted by molar-refractivity contribution is 0.753. The third-order valence-electron chi connectivity index (χ3n) is 2.19. The lowest BCUT2D eigenvalue weighted by atomic mass is 10.2. The third kappa shape index (κ3) is 2.34. The van der Waals surface area contributed by atoms with Crippen LogP contribution in [0.5, 0.6) is 0 Å². The summed E-state index contributed by atoms with van der Waals surface area (Å²) < 4.78 is 0. The number of hydrogen-bond acceptors (Lipinski definition) is 2. The van der Waals surface area contributed by atoms with Crippen molar-refractivity contribution in [3.05, 3.63) is 42.1 Å². The summed E-state index contributed by atoms with van der Waals surface area (Å²) in [6.45, 7) is 1.30. The van der Waals surface area contributed by atoms with E-state index in [4.69, 9.17) is 6.42 Å². The Morgan fingerprint density at radius 2 is 2.07 bits per heavy atom.